The Morgan fingerprint density at radius 2 is 1.71 bits per heavy atom. The van der Waals surface area contributed by atoms with Crippen LogP contribution in [0.3, 0.4) is 0 Å². The molecule has 1 aromatic rings. The van der Waals surface area contributed by atoms with Crippen molar-refractivity contribution in [2.75, 3.05) is 11.9 Å². The number of hydrogen-bond donors (Lipinski definition) is 4. The standard InChI is InChI=1S/C32H43Cl2N5O9S/c1-8-17-15-32(17,27(42)38-49(45,46)19-12-13-19)37-25(40)22-14-18(47-28(43)35-21-11-9-10-20(33)23(21)34)16-39(22)26(41)24(30(2,3)4)36-29(44)48-31(5,6)7/h8-11,17-19,22,24H,1,12-16H2,2-7H3,(H,35,43)(H,36,44)(H,37,40)(H,38,42)/t17?,18-,22?,24-,32-/m1/s1. The normalized spacial score (nSPS) is 24.2. The highest BCUT2D eigenvalue weighted by Crippen LogP contribution is 2.45. The first-order chi connectivity index (χ1) is 22.6. The Morgan fingerprint density at radius 1 is 1.06 bits per heavy atom. The van der Waals surface area contributed by atoms with Gasteiger partial charge in [0.1, 0.15) is 29.3 Å². The number of nitrogens with one attached hydrogen (secondary N) is 4. The maximum absolute atomic E-state index is 14.2. The maximum Gasteiger partial charge on any atom is 0.412 e. The van der Waals surface area contributed by atoms with Crippen molar-refractivity contribution in [1.29, 1.82) is 0 Å². The van der Waals surface area contributed by atoms with Gasteiger partial charge in [-0.3, -0.25) is 24.4 Å². The number of ether oxygens (including phenoxy) is 2. The molecule has 1 aromatic carbocycles. The average Bonchev–Trinajstić information content (AvgIpc) is 3.89. The fraction of sp³-hybridized carbons (Fsp3) is 0.594. The zero-order valence-electron chi connectivity index (χ0n) is 28.2. The van der Waals surface area contributed by atoms with E-state index in [1.54, 1.807) is 47.6 Å². The molecular weight excluding hydrogens is 701 g/mol. The molecule has 4 rings (SSSR count). The molecule has 5 amide bonds. The molecule has 2 unspecified atom stereocenters. The minimum Gasteiger partial charge on any atom is -0.444 e. The fourth-order valence-electron chi connectivity index (χ4n) is 5.53. The van der Waals surface area contributed by atoms with Crippen molar-refractivity contribution in [1.82, 2.24) is 20.3 Å². The lowest BCUT2D eigenvalue weighted by atomic mass is 9.85. The second-order valence-corrected chi connectivity index (χ2v) is 17.4. The zero-order valence-corrected chi connectivity index (χ0v) is 30.6. The van der Waals surface area contributed by atoms with E-state index in [2.05, 4.69) is 27.3 Å². The zero-order chi connectivity index (χ0) is 36.7. The Labute approximate surface area is 296 Å². The van der Waals surface area contributed by atoms with Crippen LogP contribution in [0.1, 0.15) is 67.2 Å². The van der Waals surface area contributed by atoms with Gasteiger partial charge in [-0.05, 0) is 57.6 Å². The number of rotatable bonds is 10. The topological polar surface area (TPSA) is 189 Å². The van der Waals surface area contributed by atoms with Crippen LogP contribution < -0.4 is 20.7 Å². The first-order valence-electron chi connectivity index (χ1n) is 15.8. The van der Waals surface area contributed by atoms with E-state index in [9.17, 15) is 32.4 Å². The number of hydrogen-bond acceptors (Lipinski definition) is 9. The number of carbonyl (C=O) groups is 5. The molecule has 3 fully saturated rings. The molecule has 3 aliphatic rings. The van der Waals surface area contributed by atoms with E-state index in [1.807, 2.05) is 0 Å². The van der Waals surface area contributed by atoms with Crippen LogP contribution in [0.4, 0.5) is 15.3 Å². The quantitative estimate of drug-likeness (QED) is 0.256. The summed E-state index contributed by atoms with van der Waals surface area (Å²) in [5.74, 6) is -2.94. The predicted octanol–water partition coefficient (Wildman–Crippen LogP) is 4.12. The van der Waals surface area contributed by atoms with Crippen molar-refractivity contribution in [2.45, 2.75) is 102 Å². The minimum absolute atomic E-state index is 0.0799. The van der Waals surface area contributed by atoms with Crippen molar-refractivity contribution >= 4 is 68.8 Å². The summed E-state index contributed by atoms with van der Waals surface area (Å²) in [5.41, 5.74) is -3.19. The number of anilines is 1. The van der Waals surface area contributed by atoms with Crippen LogP contribution in [-0.4, -0.2) is 84.3 Å². The van der Waals surface area contributed by atoms with Gasteiger partial charge in [0.05, 0.1) is 27.5 Å². The second-order valence-electron chi connectivity index (χ2n) is 14.6. The van der Waals surface area contributed by atoms with Crippen LogP contribution in [0.15, 0.2) is 30.9 Å². The first-order valence-corrected chi connectivity index (χ1v) is 18.1. The SMILES string of the molecule is C=CC1C[C@]1(NC(=O)C1C[C@@H](OC(=O)Nc2cccc(Cl)c2Cl)CN1C(=O)[C@@H](NC(=O)OC(C)(C)C)C(C)(C)C)C(=O)NS(=O)(=O)C1CC1. The van der Waals surface area contributed by atoms with Crippen molar-refractivity contribution in [3.63, 3.8) is 0 Å². The van der Waals surface area contributed by atoms with E-state index in [-0.39, 0.29) is 35.1 Å². The molecule has 0 spiro atoms. The minimum atomic E-state index is -3.93. The van der Waals surface area contributed by atoms with Gasteiger partial charge >= 0.3 is 12.2 Å². The Morgan fingerprint density at radius 3 is 2.27 bits per heavy atom. The van der Waals surface area contributed by atoms with Crippen LogP contribution in [0.25, 0.3) is 0 Å². The smallest absolute Gasteiger partial charge is 0.412 e. The number of likely N-dealkylation sites (tertiary alicyclic amines) is 1. The van der Waals surface area contributed by atoms with Gasteiger partial charge in [0.15, 0.2) is 0 Å². The average molecular weight is 745 g/mol. The van der Waals surface area contributed by atoms with Gasteiger partial charge < -0.3 is 25.0 Å². The van der Waals surface area contributed by atoms with E-state index in [1.165, 1.54) is 23.1 Å². The fourth-order valence-corrected chi connectivity index (χ4v) is 7.24. The molecule has 17 heteroatoms. The number of alkyl carbamates (subject to hydrolysis) is 1. The van der Waals surface area contributed by atoms with Gasteiger partial charge in [0, 0.05) is 12.3 Å². The molecule has 49 heavy (non-hydrogen) atoms. The lowest BCUT2D eigenvalue weighted by Crippen LogP contribution is -2.60. The van der Waals surface area contributed by atoms with E-state index in [4.69, 9.17) is 32.7 Å². The number of nitrogens with zero attached hydrogens (tertiary/aromatic N) is 1. The molecular formula is C32H43Cl2N5O9S. The number of sulfonamides is 1. The third-order valence-corrected chi connectivity index (χ3v) is 11.0. The van der Waals surface area contributed by atoms with Crippen molar-refractivity contribution in [2.24, 2.45) is 11.3 Å². The van der Waals surface area contributed by atoms with Gasteiger partial charge in [-0.25, -0.2) is 18.0 Å². The number of halogens is 2. The first kappa shape index (κ1) is 38.2. The maximum atomic E-state index is 14.2. The van der Waals surface area contributed by atoms with Gasteiger partial charge in [-0.2, -0.15) is 0 Å². The summed E-state index contributed by atoms with van der Waals surface area (Å²) < 4.78 is 38.2. The van der Waals surface area contributed by atoms with Crippen LogP contribution in [0.5, 0.6) is 0 Å². The number of carbonyl (C=O) groups excluding carboxylic acids is 5. The van der Waals surface area contributed by atoms with Crippen molar-refractivity contribution < 1.29 is 41.9 Å². The van der Waals surface area contributed by atoms with Crippen LogP contribution in [0.2, 0.25) is 10.0 Å². The molecule has 0 aromatic heterocycles. The van der Waals surface area contributed by atoms with Crippen LogP contribution >= 0.6 is 23.2 Å². The van der Waals surface area contributed by atoms with Crippen molar-refractivity contribution in [3.05, 3.63) is 40.9 Å². The van der Waals surface area contributed by atoms with E-state index < -0.39 is 85.8 Å². The summed E-state index contributed by atoms with van der Waals surface area (Å²) in [6, 6.07) is 2.12. The summed E-state index contributed by atoms with van der Waals surface area (Å²) in [6.07, 6.45) is -0.611. The van der Waals surface area contributed by atoms with Crippen LogP contribution in [-0.2, 0) is 33.9 Å². The molecule has 270 valence electrons. The Bertz CT molecular complexity index is 1640. The highest BCUT2D eigenvalue weighted by atomic mass is 35.5. The largest absolute Gasteiger partial charge is 0.444 e. The summed E-state index contributed by atoms with van der Waals surface area (Å²) in [5, 5.41) is 7.38. The summed E-state index contributed by atoms with van der Waals surface area (Å²) >= 11 is 12.2. The molecule has 0 radical (unpaired) electrons. The highest BCUT2D eigenvalue weighted by molar-refractivity contribution is 7.91. The number of amides is 5. The molecule has 5 atom stereocenters. The molecule has 1 saturated heterocycles. The molecule has 14 nitrogen and oxygen atoms in total. The van der Waals surface area contributed by atoms with E-state index in [0.29, 0.717) is 12.8 Å². The van der Waals surface area contributed by atoms with Gasteiger partial charge in [-0.15, -0.1) is 6.58 Å². The molecule has 2 aliphatic carbocycles. The van der Waals surface area contributed by atoms with E-state index in [0.717, 1.165) is 0 Å². The highest BCUT2D eigenvalue weighted by Gasteiger charge is 2.62. The third kappa shape index (κ3) is 9.17. The van der Waals surface area contributed by atoms with Crippen molar-refractivity contribution in [3.8, 4) is 0 Å². The van der Waals surface area contributed by atoms with Crippen LogP contribution in [0, 0.1) is 11.3 Å². The van der Waals surface area contributed by atoms with Gasteiger partial charge in [-0.1, -0.05) is 56.1 Å². The van der Waals surface area contributed by atoms with Gasteiger partial charge in [0.2, 0.25) is 21.8 Å². The third-order valence-electron chi connectivity index (χ3n) is 8.33. The van der Waals surface area contributed by atoms with E-state index >= 15 is 0 Å². The Kier molecular flexibility index (Phi) is 10.9. The number of benzene rings is 1. The molecule has 1 heterocycles. The lowest BCUT2D eigenvalue weighted by molar-refractivity contribution is -0.143. The summed E-state index contributed by atoms with van der Waals surface area (Å²) in [6.45, 7) is 13.6. The predicted molar refractivity (Wildman–Crippen MR) is 182 cm³/mol. The lowest BCUT2D eigenvalue weighted by Gasteiger charge is -2.36. The Balaban J connectivity index is 1.59. The summed E-state index contributed by atoms with van der Waals surface area (Å²) in [4.78, 5) is 68.5. The molecule has 2 saturated carbocycles. The molecule has 4 N–H and O–H groups in total. The molecule has 1 aliphatic heterocycles. The Hall–Kier alpha value is -3.56. The summed E-state index contributed by atoms with van der Waals surface area (Å²) in [7, 11) is -3.93. The second kappa shape index (κ2) is 14.0. The van der Waals surface area contributed by atoms with Gasteiger partial charge in [0.25, 0.3) is 5.91 Å². The molecule has 0 bridgehead atoms. The monoisotopic (exact) mass is 743 g/mol.